The Labute approximate surface area is 233 Å². The summed E-state index contributed by atoms with van der Waals surface area (Å²) in [6.45, 7) is 0.962. The molecule has 40 heavy (non-hydrogen) atoms. The molecule has 0 spiro atoms. The van der Waals surface area contributed by atoms with E-state index >= 15 is 0 Å². The third-order valence-electron chi connectivity index (χ3n) is 6.99. The van der Waals surface area contributed by atoms with Crippen LogP contribution in [0.1, 0.15) is 56.6 Å². The average Bonchev–Trinajstić information content (AvgIpc) is 2.91. The lowest BCUT2D eigenvalue weighted by Crippen LogP contribution is -2.53. The fourth-order valence-corrected chi connectivity index (χ4v) is 5.68. The Balaban J connectivity index is 1.95. The first-order valence-corrected chi connectivity index (χ1v) is 15.1. The van der Waals surface area contributed by atoms with Gasteiger partial charge in [-0.05, 0) is 55.2 Å². The number of carbonyl (C=O) groups excluding carboxylic acids is 2. The van der Waals surface area contributed by atoms with Gasteiger partial charge in [0, 0.05) is 12.6 Å². The minimum atomic E-state index is -4.70. The van der Waals surface area contributed by atoms with Gasteiger partial charge in [-0.2, -0.15) is 13.2 Å². The van der Waals surface area contributed by atoms with Crippen LogP contribution in [0.2, 0.25) is 0 Å². The number of carbonyl (C=O) groups is 2. The third-order valence-corrected chi connectivity index (χ3v) is 8.13. The van der Waals surface area contributed by atoms with E-state index in [0.29, 0.717) is 21.7 Å². The van der Waals surface area contributed by atoms with Crippen LogP contribution in [0.15, 0.2) is 48.5 Å². The molecule has 0 aromatic heterocycles. The fourth-order valence-electron chi connectivity index (χ4n) is 4.84. The molecule has 1 aliphatic rings. The number of methoxy groups -OCH3 is 1. The summed E-state index contributed by atoms with van der Waals surface area (Å²) in [7, 11) is -2.65. The maximum atomic E-state index is 13.8. The molecule has 1 aliphatic carbocycles. The van der Waals surface area contributed by atoms with Crippen molar-refractivity contribution in [3.8, 4) is 5.75 Å². The number of amides is 2. The molecule has 2 aromatic carbocycles. The largest absolute Gasteiger partial charge is 0.497 e. The lowest BCUT2D eigenvalue weighted by atomic mass is 9.95. The van der Waals surface area contributed by atoms with Crippen molar-refractivity contribution in [2.45, 2.75) is 70.3 Å². The summed E-state index contributed by atoms with van der Waals surface area (Å²) in [6, 6.07) is 9.73. The predicted molar refractivity (Wildman–Crippen MR) is 146 cm³/mol. The number of hydrogen-bond donors (Lipinski definition) is 1. The highest BCUT2D eigenvalue weighted by Crippen LogP contribution is 2.32. The van der Waals surface area contributed by atoms with Gasteiger partial charge in [0.05, 0.1) is 24.6 Å². The van der Waals surface area contributed by atoms with Crippen molar-refractivity contribution in [1.82, 2.24) is 10.2 Å². The van der Waals surface area contributed by atoms with E-state index < -0.39 is 40.3 Å². The van der Waals surface area contributed by atoms with Crippen LogP contribution in [0.4, 0.5) is 18.9 Å². The zero-order valence-electron chi connectivity index (χ0n) is 22.9. The Bertz CT molecular complexity index is 1260. The molecule has 3 rings (SSSR count). The number of rotatable bonds is 11. The normalized spacial score (nSPS) is 15.2. The van der Waals surface area contributed by atoms with Crippen molar-refractivity contribution >= 4 is 27.5 Å². The maximum absolute atomic E-state index is 13.8. The van der Waals surface area contributed by atoms with Crippen LogP contribution < -0.4 is 14.4 Å². The molecule has 0 aliphatic heterocycles. The molecule has 2 aromatic rings. The predicted octanol–water partition coefficient (Wildman–Crippen LogP) is 4.74. The van der Waals surface area contributed by atoms with Gasteiger partial charge in [-0.15, -0.1) is 0 Å². The Morgan fingerprint density at radius 1 is 1.07 bits per heavy atom. The van der Waals surface area contributed by atoms with E-state index in [1.165, 1.54) is 18.1 Å². The molecule has 0 radical (unpaired) electrons. The highest BCUT2D eigenvalue weighted by atomic mass is 32.2. The zero-order valence-corrected chi connectivity index (χ0v) is 23.7. The van der Waals surface area contributed by atoms with E-state index in [0.717, 1.165) is 50.5 Å². The van der Waals surface area contributed by atoms with Crippen LogP contribution >= 0.6 is 0 Å². The number of halogens is 3. The molecule has 1 N–H and O–H groups in total. The molecule has 220 valence electrons. The number of anilines is 1. The molecule has 0 unspecified atom stereocenters. The van der Waals surface area contributed by atoms with E-state index in [-0.39, 0.29) is 30.6 Å². The number of alkyl halides is 3. The molecule has 8 nitrogen and oxygen atoms in total. The summed E-state index contributed by atoms with van der Waals surface area (Å²) in [5, 5.41) is 3.04. The van der Waals surface area contributed by atoms with Gasteiger partial charge in [-0.25, -0.2) is 8.42 Å². The monoisotopic (exact) mass is 583 g/mol. The number of benzene rings is 2. The average molecular weight is 584 g/mol. The van der Waals surface area contributed by atoms with Crippen LogP contribution in [0.5, 0.6) is 5.75 Å². The summed E-state index contributed by atoms with van der Waals surface area (Å²) in [5.74, 6) is -0.470. The molecule has 1 atom stereocenters. The number of ether oxygens (including phenoxy) is 1. The van der Waals surface area contributed by atoms with E-state index in [1.807, 2.05) is 0 Å². The maximum Gasteiger partial charge on any atom is 0.416 e. The second-order valence-electron chi connectivity index (χ2n) is 9.96. The smallest absolute Gasteiger partial charge is 0.416 e. The number of nitrogens with one attached hydrogen (secondary N) is 1. The number of sulfonamides is 1. The highest BCUT2D eigenvalue weighted by molar-refractivity contribution is 7.92. The van der Waals surface area contributed by atoms with Gasteiger partial charge in [0.15, 0.2) is 0 Å². The Morgan fingerprint density at radius 2 is 1.73 bits per heavy atom. The van der Waals surface area contributed by atoms with Gasteiger partial charge in [0.2, 0.25) is 21.8 Å². The lowest BCUT2D eigenvalue weighted by Gasteiger charge is -2.34. The van der Waals surface area contributed by atoms with Crippen molar-refractivity contribution in [1.29, 1.82) is 0 Å². The minimum absolute atomic E-state index is 0.00846. The first kappa shape index (κ1) is 31.3. The number of nitrogens with zero attached hydrogens (tertiary/aromatic N) is 2. The highest BCUT2D eigenvalue weighted by Gasteiger charge is 2.34. The molecule has 0 saturated heterocycles. The van der Waals surface area contributed by atoms with Gasteiger partial charge < -0.3 is 15.0 Å². The van der Waals surface area contributed by atoms with Gasteiger partial charge in [-0.1, -0.05) is 44.4 Å². The zero-order chi connectivity index (χ0) is 29.5. The summed E-state index contributed by atoms with van der Waals surface area (Å²) in [6.07, 6.45) is 1.14. The second kappa shape index (κ2) is 13.4. The van der Waals surface area contributed by atoms with E-state index in [9.17, 15) is 31.2 Å². The first-order chi connectivity index (χ1) is 18.8. The van der Waals surface area contributed by atoms with Crippen LogP contribution in [0, 0.1) is 0 Å². The Morgan fingerprint density at radius 3 is 2.27 bits per heavy atom. The molecule has 0 heterocycles. The quantitative estimate of drug-likeness (QED) is 0.413. The van der Waals surface area contributed by atoms with Crippen LogP contribution in [0.3, 0.4) is 0 Å². The molecular weight excluding hydrogens is 547 g/mol. The molecule has 12 heteroatoms. The van der Waals surface area contributed by atoms with Crippen molar-refractivity contribution < 1.29 is 35.9 Å². The molecule has 0 bridgehead atoms. The molecular formula is C28H36F3N3O5S. The van der Waals surface area contributed by atoms with Crippen molar-refractivity contribution in [3.05, 3.63) is 59.7 Å². The van der Waals surface area contributed by atoms with Gasteiger partial charge >= 0.3 is 6.18 Å². The van der Waals surface area contributed by atoms with E-state index in [4.69, 9.17) is 4.74 Å². The Hall–Kier alpha value is -3.28. The van der Waals surface area contributed by atoms with Crippen LogP contribution in [-0.4, -0.2) is 57.1 Å². The van der Waals surface area contributed by atoms with Gasteiger partial charge in [0.1, 0.15) is 18.3 Å². The Kier molecular flexibility index (Phi) is 10.5. The first-order valence-electron chi connectivity index (χ1n) is 13.2. The summed E-state index contributed by atoms with van der Waals surface area (Å²) in [5.41, 5.74) is -0.669. The topological polar surface area (TPSA) is 96.0 Å². The van der Waals surface area contributed by atoms with Crippen molar-refractivity contribution in [2.75, 3.05) is 24.2 Å². The van der Waals surface area contributed by atoms with E-state index in [1.54, 1.807) is 31.2 Å². The van der Waals surface area contributed by atoms with E-state index in [2.05, 4.69) is 5.32 Å². The minimum Gasteiger partial charge on any atom is -0.497 e. The van der Waals surface area contributed by atoms with Crippen molar-refractivity contribution in [3.63, 3.8) is 0 Å². The standard InChI is InChI=1S/C28H36F3N3O5S/c1-4-25(27(36)32-22-10-6-5-7-11-22)33(18-20-13-15-24(39-2)16-14-20)26(35)19-34(40(3,37)38)23-12-8-9-21(17-23)28(29,30)31/h8-9,12-17,22,25H,4-7,10-11,18-19H2,1-3H3,(H,32,36)/t25-/m1/s1. The lowest BCUT2D eigenvalue weighted by molar-refractivity contribution is -0.140. The third kappa shape index (κ3) is 8.36. The summed E-state index contributed by atoms with van der Waals surface area (Å²) in [4.78, 5) is 28.5. The SMILES string of the molecule is CC[C@H](C(=O)NC1CCCCC1)N(Cc1ccc(OC)cc1)C(=O)CN(c1cccc(C(F)(F)F)c1)S(C)(=O)=O. The van der Waals surface area contributed by atoms with Crippen molar-refractivity contribution in [2.24, 2.45) is 0 Å². The fraction of sp³-hybridized carbons (Fsp3) is 0.500. The molecule has 2 amide bonds. The molecule has 1 saturated carbocycles. The molecule has 1 fully saturated rings. The summed E-state index contributed by atoms with van der Waals surface area (Å²) >= 11 is 0. The van der Waals surface area contributed by atoms with Gasteiger partial charge in [0.25, 0.3) is 0 Å². The van der Waals surface area contributed by atoms with Gasteiger partial charge in [-0.3, -0.25) is 13.9 Å². The second-order valence-corrected chi connectivity index (χ2v) is 11.9. The number of hydrogen-bond acceptors (Lipinski definition) is 5. The van der Waals surface area contributed by atoms with Crippen LogP contribution in [-0.2, 0) is 32.3 Å². The van der Waals surface area contributed by atoms with Crippen LogP contribution in [0.25, 0.3) is 0 Å². The summed E-state index contributed by atoms with van der Waals surface area (Å²) < 4.78 is 71.3.